The number of hydrogen-bond donors (Lipinski definition) is 1. The van der Waals surface area contributed by atoms with Crippen molar-refractivity contribution in [3.63, 3.8) is 0 Å². The summed E-state index contributed by atoms with van der Waals surface area (Å²) in [7, 11) is 0. The Labute approximate surface area is 144 Å². The van der Waals surface area contributed by atoms with E-state index in [9.17, 15) is 18.4 Å². The van der Waals surface area contributed by atoms with E-state index in [0.29, 0.717) is 11.6 Å². The number of nitrogens with one attached hydrogen (secondary N) is 1. The van der Waals surface area contributed by atoms with E-state index in [-0.39, 0.29) is 30.5 Å². The summed E-state index contributed by atoms with van der Waals surface area (Å²) >= 11 is 0. The maximum absolute atomic E-state index is 13.7. The number of halogens is 2. The highest BCUT2D eigenvalue weighted by Crippen LogP contribution is 2.25. The number of amides is 1. The highest BCUT2D eigenvalue weighted by Gasteiger charge is 2.16. The van der Waals surface area contributed by atoms with Crippen molar-refractivity contribution in [1.82, 2.24) is 10.3 Å². The average Bonchev–Trinajstić information content (AvgIpc) is 2.55. The number of Topliss-reactive ketones (excluding diaryl/α,β-unsaturated/α-hetero) is 1. The van der Waals surface area contributed by atoms with Crippen LogP contribution in [0.1, 0.15) is 25.8 Å². The van der Waals surface area contributed by atoms with Crippen LogP contribution in [-0.2, 0) is 16.1 Å². The van der Waals surface area contributed by atoms with Crippen LogP contribution in [0.3, 0.4) is 0 Å². The zero-order chi connectivity index (χ0) is 18.4. The summed E-state index contributed by atoms with van der Waals surface area (Å²) in [4.78, 5) is 27.5. The Hall–Kier alpha value is -2.83. The van der Waals surface area contributed by atoms with Crippen LogP contribution in [0.25, 0.3) is 0 Å². The summed E-state index contributed by atoms with van der Waals surface area (Å²) in [6, 6.07) is 6.15. The first-order valence-electron chi connectivity index (χ1n) is 7.74. The van der Waals surface area contributed by atoms with Gasteiger partial charge in [-0.3, -0.25) is 9.59 Å². The number of ketones is 1. The number of rotatable bonds is 7. The molecule has 1 N–H and O–H groups in total. The first-order chi connectivity index (χ1) is 11.9. The molecule has 1 aromatic carbocycles. The molecular formula is C18H18F2N2O3. The van der Waals surface area contributed by atoms with Gasteiger partial charge in [0, 0.05) is 30.8 Å². The van der Waals surface area contributed by atoms with Gasteiger partial charge < -0.3 is 10.1 Å². The summed E-state index contributed by atoms with van der Waals surface area (Å²) in [5.74, 6) is -2.85. The molecule has 1 aromatic heterocycles. The van der Waals surface area contributed by atoms with E-state index in [1.165, 1.54) is 6.20 Å². The molecule has 0 saturated carbocycles. The second-order valence-corrected chi connectivity index (χ2v) is 5.85. The van der Waals surface area contributed by atoms with Crippen molar-refractivity contribution in [3.05, 3.63) is 53.7 Å². The normalized spacial score (nSPS) is 10.6. The van der Waals surface area contributed by atoms with Crippen LogP contribution in [-0.4, -0.2) is 16.7 Å². The number of carbonyl (C=O) groups excluding carboxylic acids is 2. The minimum absolute atomic E-state index is 0.00530. The van der Waals surface area contributed by atoms with E-state index in [2.05, 4.69) is 10.3 Å². The number of hydrogen-bond acceptors (Lipinski definition) is 4. The zero-order valence-corrected chi connectivity index (χ0v) is 13.9. The number of aromatic nitrogens is 1. The van der Waals surface area contributed by atoms with Gasteiger partial charge in [-0.2, -0.15) is 0 Å². The molecule has 5 nitrogen and oxygen atoms in total. The van der Waals surface area contributed by atoms with Crippen molar-refractivity contribution in [2.24, 2.45) is 5.92 Å². The van der Waals surface area contributed by atoms with Crippen LogP contribution >= 0.6 is 0 Å². The lowest BCUT2D eigenvalue weighted by Crippen LogP contribution is -2.31. The standard InChI is InChI=1S/C18H18F2N2O3/c1-11(2)8-15(23)17(24)22-10-12-4-3-7-21-18(12)25-16-6-5-13(19)9-14(16)20/h3-7,9,11H,8,10H2,1-2H3,(H,22,24). The van der Waals surface area contributed by atoms with Gasteiger partial charge in [-0.05, 0) is 24.1 Å². The fourth-order valence-electron chi connectivity index (χ4n) is 2.05. The van der Waals surface area contributed by atoms with Crippen LogP contribution in [0.5, 0.6) is 11.6 Å². The molecule has 25 heavy (non-hydrogen) atoms. The van der Waals surface area contributed by atoms with Gasteiger partial charge in [-0.25, -0.2) is 13.8 Å². The molecule has 2 aromatic rings. The first-order valence-corrected chi connectivity index (χ1v) is 7.74. The van der Waals surface area contributed by atoms with E-state index in [0.717, 1.165) is 12.1 Å². The molecule has 7 heteroatoms. The Kier molecular flexibility index (Phi) is 6.16. The molecule has 1 heterocycles. The summed E-state index contributed by atoms with van der Waals surface area (Å²) in [5.41, 5.74) is 0.455. The molecule has 0 unspecified atom stereocenters. The molecule has 0 atom stereocenters. The first kappa shape index (κ1) is 18.5. The second kappa shape index (κ2) is 8.32. The SMILES string of the molecule is CC(C)CC(=O)C(=O)NCc1cccnc1Oc1ccc(F)cc1F. The highest BCUT2D eigenvalue weighted by atomic mass is 19.1. The Bertz CT molecular complexity index is 779. The lowest BCUT2D eigenvalue weighted by molar-refractivity contribution is -0.138. The largest absolute Gasteiger partial charge is 0.436 e. The van der Waals surface area contributed by atoms with E-state index in [4.69, 9.17) is 4.74 Å². The fourth-order valence-corrected chi connectivity index (χ4v) is 2.05. The number of ether oxygens (including phenoxy) is 1. The minimum atomic E-state index is -0.868. The van der Waals surface area contributed by atoms with E-state index >= 15 is 0 Å². The monoisotopic (exact) mass is 348 g/mol. The van der Waals surface area contributed by atoms with Gasteiger partial charge >= 0.3 is 0 Å². The third-order valence-electron chi connectivity index (χ3n) is 3.24. The minimum Gasteiger partial charge on any atom is -0.436 e. The molecule has 0 saturated heterocycles. The maximum atomic E-state index is 13.7. The molecule has 0 fully saturated rings. The van der Waals surface area contributed by atoms with Crippen LogP contribution in [0.4, 0.5) is 8.78 Å². The molecule has 0 spiro atoms. The third-order valence-corrected chi connectivity index (χ3v) is 3.24. The van der Waals surface area contributed by atoms with Crippen molar-refractivity contribution in [2.75, 3.05) is 0 Å². The summed E-state index contributed by atoms with van der Waals surface area (Å²) < 4.78 is 32.0. The van der Waals surface area contributed by atoms with Gasteiger partial charge in [0.2, 0.25) is 11.7 Å². The predicted molar refractivity (Wildman–Crippen MR) is 87.0 cm³/mol. The van der Waals surface area contributed by atoms with Gasteiger partial charge in [0.1, 0.15) is 5.82 Å². The smallest absolute Gasteiger partial charge is 0.287 e. The molecule has 2 rings (SSSR count). The van der Waals surface area contributed by atoms with Crippen molar-refractivity contribution in [2.45, 2.75) is 26.8 Å². The Balaban J connectivity index is 2.08. The average molecular weight is 348 g/mol. The molecule has 0 bridgehead atoms. The Morgan fingerprint density at radius 3 is 2.68 bits per heavy atom. The third kappa shape index (κ3) is 5.34. The molecule has 0 aliphatic rings. The van der Waals surface area contributed by atoms with Gasteiger partial charge in [0.05, 0.1) is 0 Å². The maximum Gasteiger partial charge on any atom is 0.287 e. The lowest BCUT2D eigenvalue weighted by atomic mass is 10.1. The Morgan fingerprint density at radius 2 is 2.00 bits per heavy atom. The van der Waals surface area contributed by atoms with Crippen molar-refractivity contribution in [1.29, 1.82) is 0 Å². The predicted octanol–water partition coefficient (Wildman–Crippen LogP) is 3.38. The van der Waals surface area contributed by atoms with Crippen molar-refractivity contribution in [3.8, 4) is 11.6 Å². The Morgan fingerprint density at radius 1 is 1.24 bits per heavy atom. The number of carbonyl (C=O) groups is 2. The highest BCUT2D eigenvalue weighted by molar-refractivity contribution is 6.36. The zero-order valence-electron chi connectivity index (χ0n) is 13.9. The van der Waals surface area contributed by atoms with E-state index in [1.54, 1.807) is 12.1 Å². The number of pyridine rings is 1. The molecular weight excluding hydrogens is 330 g/mol. The molecule has 0 radical (unpaired) electrons. The van der Waals surface area contributed by atoms with Gasteiger partial charge in [-0.15, -0.1) is 0 Å². The van der Waals surface area contributed by atoms with Crippen molar-refractivity contribution >= 4 is 11.7 Å². The molecule has 0 aliphatic heterocycles. The lowest BCUT2D eigenvalue weighted by Gasteiger charge is -2.11. The molecule has 0 aliphatic carbocycles. The second-order valence-electron chi connectivity index (χ2n) is 5.85. The van der Waals surface area contributed by atoms with Crippen LogP contribution < -0.4 is 10.1 Å². The van der Waals surface area contributed by atoms with Gasteiger partial charge in [0.25, 0.3) is 5.91 Å². The van der Waals surface area contributed by atoms with Gasteiger partial charge in [0.15, 0.2) is 11.6 Å². The van der Waals surface area contributed by atoms with E-state index in [1.807, 2.05) is 13.8 Å². The van der Waals surface area contributed by atoms with Crippen LogP contribution in [0.15, 0.2) is 36.5 Å². The van der Waals surface area contributed by atoms with Crippen LogP contribution in [0, 0.1) is 17.6 Å². The van der Waals surface area contributed by atoms with E-state index < -0.39 is 23.3 Å². The summed E-state index contributed by atoms with van der Waals surface area (Å²) in [5, 5.41) is 2.49. The van der Waals surface area contributed by atoms with Gasteiger partial charge in [-0.1, -0.05) is 19.9 Å². The molecule has 132 valence electrons. The summed E-state index contributed by atoms with van der Waals surface area (Å²) in [6.07, 6.45) is 1.59. The topological polar surface area (TPSA) is 68.3 Å². The fraction of sp³-hybridized carbons (Fsp3) is 0.278. The number of nitrogens with zero attached hydrogens (tertiary/aromatic N) is 1. The number of benzene rings is 1. The quantitative estimate of drug-likeness (QED) is 0.779. The molecule has 1 amide bonds. The van der Waals surface area contributed by atoms with Crippen LogP contribution in [0.2, 0.25) is 0 Å². The summed E-state index contributed by atoms with van der Waals surface area (Å²) in [6.45, 7) is 3.68. The van der Waals surface area contributed by atoms with Crippen molar-refractivity contribution < 1.29 is 23.1 Å².